The first kappa shape index (κ1) is 21.4. The molecule has 1 aliphatic rings. The van der Waals surface area contributed by atoms with Gasteiger partial charge in [-0.1, -0.05) is 41.4 Å². The molecule has 1 aromatic heterocycles. The quantitative estimate of drug-likeness (QED) is 0.549. The Kier molecular flexibility index (Phi) is 5.77. The van der Waals surface area contributed by atoms with Crippen molar-refractivity contribution < 1.29 is 9.59 Å². The molecule has 3 amide bonds. The molecule has 31 heavy (non-hydrogen) atoms. The highest BCUT2D eigenvalue weighted by Crippen LogP contribution is 2.36. The van der Waals surface area contributed by atoms with Crippen LogP contribution in [0.25, 0.3) is 10.9 Å². The fraction of sp³-hybridized carbons (Fsp3) is 0.261. The Morgan fingerprint density at radius 2 is 1.77 bits per heavy atom. The summed E-state index contributed by atoms with van der Waals surface area (Å²) in [6.07, 6.45) is 0. The Labute approximate surface area is 190 Å². The van der Waals surface area contributed by atoms with E-state index < -0.39 is 5.91 Å². The fourth-order valence-corrected chi connectivity index (χ4v) is 4.48. The Morgan fingerprint density at radius 1 is 1.10 bits per heavy atom. The second-order valence-corrected chi connectivity index (χ2v) is 8.25. The molecule has 1 N–H and O–H groups in total. The van der Waals surface area contributed by atoms with Crippen LogP contribution in [0.4, 0.5) is 16.2 Å². The molecule has 2 aromatic carbocycles. The summed E-state index contributed by atoms with van der Waals surface area (Å²) in [5, 5.41) is 4.24. The van der Waals surface area contributed by atoms with E-state index in [9.17, 15) is 9.59 Å². The van der Waals surface area contributed by atoms with Crippen LogP contribution < -0.4 is 10.2 Å². The number of nitrogens with zero attached hydrogens (tertiary/aromatic N) is 3. The van der Waals surface area contributed by atoms with E-state index in [-0.39, 0.29) is 21.6 Å². The molecule has 0 spiro atoms. The SMILES string of the molecule is CCN1CCN(c2c(C)c(C)nc3c(NC(=O)c4c(Cl)cccc4Cl)cccc23)C1=O. The monoisotopic (exact) mass is 456 g/mol. The van der Waals surface area contributed by atoms with E-state index in [2.05, 4.69) is 5.32 Å². The number of aromatic nitrogens is 1. The molecule has 4 rings (SSSR count). The van der Waals surface area contributed by atoms with E-state index in [1.54, 1.807) is 29.2 Å². The van der Waals surface area contributed by atoms with Gasteiger partial charge in [-0.25, -0.2) is 4.79 Å². The number of hydrogen-bond donors (Lipinski definition) is 1. The number of benzene rings is 2. The largest absolute Gasteiger partial charge is 0.324 e. The number of aryl methyl sites for hydroxylation is 1. The van der Waals surface area contributed by atoms with Gasteiger partial charge < -0.3 is 10.2 Å². The predicted molar refractivity (Wildman–Crippen MR) is 126 cm³/mol. The molecule has 0 radical (unpaired) electrons. The Balaban J connectivity index is 1.82. The second-order valence-electron chi connectivity index (χ2n) is 7.44. The van der Waals surface area contributed by atoms with Crippen molar-refractivity contribution in [1.82, 2.24) is 9.88 Å². The topological polar surface area (TPSA) is 65.5 Å². The van der Waals surface area contributed by atoms with Crippen molar-refractivity contribution in [2.45, 2.75) is 20.8 Å². The number of urea groups is 1. The van der Waals surface area contributed by atoms with Gasteiger partial charge in [-0.05, 0) is 44.5 Å². The maximum absolute atomic E-state index is 12.9. The normalized spacial score (nSPS) is 13.9. The summed E-state index contributed by atoms with van der Waals surface area (Å²) in [6.45, 7) is 7.79. The van der Waals surface area contributed by atoms with Crippen LogP contribution in [0.5, 0.6) is 0 Å². The highest BCUT2D eigenvalue weighted by Gasteiger charge is 2.31. The summed E-state index contributed by atoms with van der Waals surface area (Å²) in [5.74, 6) is -0.418. The molecule has 6 nitrogen and oxygen atoms in total. The lowest BCUT2D eigenvalue weighted by Crippen LogP contribution is -2.32. The number of rotatable bonds is 4. The number of para-hydroxylation sites is 1. The van der Waals surface area contributed by atoms with Gasteiger partial charge in [0, 0.05) is 30.7 Å². The molecule has 2 heterocycles. The van der Waals surface area contributed by atoms with E-state index >= 15 is 0 Å². The summed E-state index contributed by atoms with van der Waals surface area (Å²) in [5.41, 5.74) is 3.91. The lowest BCUT2D eigenvalue weighted by Gasteiger charge is -2.23. The van der Waals surface area contributed by atoms with Gasteiger partial charge in [0.05, 0.1) is 32.5 Å². The molecule has 3 aromatic rings. The van der Waals surface area contributed by atoms with Crippen LogP contribution in [0.1, 0.15) is 28.5 Å². The molecule has 0 aliphatic carbocycles. The number of fused-ring (bicyclic) bond motifs is 1. The maximum Gasteiger partial charge on any atom is 0.324 e. The predicted octanol–water partition coefficient (Wildman–Crippen LogP) is 5.67. The number of nitrogens with one attached hydrogen (secondary N) is 1. The summed E-state index contributed by atoms with van der Waals surface area (Å²) >= 11 is 12.4. The lowest BCUT2D eigenvalue weighted by molar-refractivity contribution is 0.102. The van der Waals surface area contributed by atoms with Crippen LogP contribution >= 0.6 is 23.2 Å². The van der Waals surface area contributed by atoms with E-state index in [0.717, 1.165) is 22.3 Å². The van der Waals surface area contributed by atoms with Crippen LogP contribution in [-0.2, 0) is 0 Å². The molecular weight excluding hydrogens is 435 g/mol. The third-order valence-electron chi connectivity index (χ3n) is 5.65. The highest BCUT2D eigenvalue weighted by atomic mass is 35.5. The Bertz CT molecular complexity index is 1190. The molecule has 8 heteroatoms. The zero-order chi connectivity index (χ0) is 22.3. The minimum atomic E-state index is -0.418. The van der Waals surface area contributed by atoms with Gasteiger partial charge in [0.2, 0.25) is 0 Å². The van der Waals surface area contributed by atoms with Crippen LogP contribution in [0.15, 0.2) is 36.4 Å². The van der Waals surface area contributed by atoms with Gasteiger partial charge in [-0.15, -0.1) is 0 Å². The standard InChI is InChI=1S/C23H22Cl2N4O2/c1-4-28-11-12-29(23(28)31)21-13(2)14(3)26-20-15(21)7-5-10-18(20)27-22(30)19-16(24)8-6-9-17(19)25/h5-10H,4,11-12H2,1-3H3,(H,27,30). The van der Waals surface area contributed by atoms with E-state index in [1.165, 1.54) is 0 Å². The van der Waals surface area contributed by atoms with E-state index in [0.29, 0.717) is 30.8 Å². The second kappa shape index (κ2) is 8.36. The van der Waals surface area contributed by atoms with E-state index in [4.69, 9.17) is 28.2 Å². The molecule has 0 saturated carbocycles. The van der Waals surface area contributed by atoms with Crippen LogP contribution in [0.2, 0.25) is 10.0 Å². The first-order chi connectivity index (χ1) is 14.8. The van der Waals surface area contributed by atoms with Crippen LogP contribution in [-0.4, -0.2) is 41.5 Å². The molecule has 1 fully saturated rings. The summed E-state index contributed by atoms with van der Waals surface area (Å²) < 4.78 is 0. The average molecular weight is 457 g/mol. The van der Waals surface area contributed by atoms with Crippen molar-refractivity contribution in [3.8, 4) is 0 Å². The van der Waals surface area contributed by atoms with Gasteiger partial charge in [-0.2, -0.15) is 0 Å². The molecule has 0 atom stereocenters. The van der Waals surface area contributed by atoms with Gasteiger partial charge in [0.15, 0.2) is 0 Å². The molecule has 0 unspecified atom stereocenters. The first-order valence-corrected chi connectivity index (χ1v) is 10.8. The summed E-state index contributed by atoms with van der Waals surface area (Å²) in [4.78, 5) is 34.2. The number of pyridine rings is 1. The molecule has 160 valence electrons. The van der Waals surface area contributed by atoms with Crippen molar-refractivity contribution in [2.75, 3.05) is 29.9 Å². The number of carbonyl (C=O) groups excluding carboxylic acids is 2. The number of likely N-dealkylation sites (N-methyl/N-ethyl adjacent to an activating group) is 1. The van der Waals surface area contributed by atoms with Crippen molar-refractivity contribution >= 4 is 57.4 Å². The van der Waals surface area contributed by atoms with Gasteiger partial charge >= 0.3 is 6.03 Å². The number of halogens is 2. The smallest absolute Gasteiger partial charge is 0.323 e. The number of amides is 3. The fourth-order valence-electron chi connectivity index (χ4n) is 3.91. The van der Waals surface area contributed by atoms with Crippen molar-refractivity contribution in [3.05, 3.63) is 63.3 Å². The van der Waals surface area contributed by atoms with Gasteiger partial charge in [0.1, 0.15) is 0 Å². The zero-order valence-electron chi connectivity index (χ0n) is 17.5. The Hall–Kier alpha value is -2.83. The maximum atomic E-state index is 12.9. The first-order valence-electron chi connectivity index (χ1n) is 10.0. The molecular formula is C23H22Cl2N4O2. The van der Waals surface area contributed by atoms with Gasteiger partial charge in [0.25, 0.3) is 5.91 Å². The van der Waals surface area contributed by atoms with Crippen molar-refractivity contribution in [1.29, 1.82) is 0 Å². The number of hydrogen-bond acceptors (Lipinski definition) is 3. The molecule has 0 bridgehead atoms. The summed E-state index contributed by atoms with van der Waals surface area (Å²) in [7, 11) is 0. The highest BCUT2D eigenvalue weighted by molar-refractivity contribution is 6.40. The van der Waals surface area contributed by atoms with Gasteiger partial charge in [-0.3, -0.25) is 14.7 Å². The minimum Gasteiger partial charge on any atom is -0.323 e. The minimum absolute atomic E-state index is 0.0187. The molecule has 1 saturated heterocycles. The van der Waals surface area contributed by atoms with Crippen molar-refractivity contribution in [2.24, 2.45) is 0 Å². The zero-order valence-corrected chi connectivity index (χ0v) is 19.0. The molecule has 1 aliphatic heterocycles. The van der Waals surface area contributed by atoms with E-state index in [1.807, 2.05) is 37.8 Å². The summed E-state index contributed by atoms with van der Waals surface area (Å²) in [6, 6.07) is 10.4. The lowest BCUT2D eigenvalue weighted by atomic mass is 10.0. The van der Waals surface area contributed by atoms with Crippen molar-refractivity contribution in [3.63, 3.8) is 0 Å². The number of anilines is 2. The third-order valence-corrected chi connectivity index (χ3v) is 6.28. The third kappa shape index (κ3) is 3.70. The number of carbonyl (C=O) groups is 2. The van der Waals surface area contributed by atoms with Crippen LogP contribution in [0.3, 0.4) is 0 Å². The van der Waals surface area contributed by atoms with Crippen LogP contribution in [0, 0.1) is 13.8 Å². The average Bonchev–Trinajstić information content (AvgIpc) is 3.09. The Morgan fingerprint density at radius 3 is 2.42 bits per heavy atom.